The number of rotatable bonds is 7. The van der Waals surface area contributed by atoms with Gasteiger partial charge in [0.25, 0.3) is 0 Å². The van der Waals surface area contributed by atoms with Crippen molar-refractivity contribution in [3.63, 3.8) is 0 Å². The Kier molecular flexibility index (Phi) is 4.87. The highest BCUT2D eigenvalue weighted by molar-refractivity contribution is 5.79. The van der Waals surface area contributed by atoms with E-state index in [0.29, 0.717) is 5.96 Å². The molecule has 0 saturated carbocycles. The van der Waals surface area contributed by atoms with Gasteiger partial charge in [0.1, 0.15) is 11.5 Å². The Balaban J connectivity index is 1.74. The molecule has 1 atom stereocenters. The molecule has 7 heteroatoms. The maximum atomic E-state index is 6.20. The molecule has 2 rings (SSSR count). The molecule has 0 radical (unpaired) electrons. The zero-order valence-corrected chi connectivity index (χ0v) is 13.1. The molecule has 0 aromatic carbocycles. The first-order valence-corrected chi connectivity index (χ1v) is 7.26. The maximum absolute atomic E-state index is 6.20. The summed E-state index contributed by atoms with van der Waals surface area (Å²) in [5.74, 6) is 1.67. The van der Waals surface area contributed by atoms with Gasteiger partial charge in [0.2, 0.25) is 5.96 Å². The highest BCUT2D eigenvalue weighted by Crippen LogP contribution is 2.20. The first-order valence-electron chi connectivity index (χ1n) is 7.26. The minimum absolute atomic E-state index is 0.374. The number of nitrogens with one attached hydrogen (secondary N) is 1. The van der Waals surface area contributed by atoms with Crippen molar-refractivity contribution in [1.29, 1.82) is 0 Å². The van der Waals surface area contributed by atoms with Gasteiger partial charge in [-0.2, -0.15) is 5.01 Å². The predicted octanol–water partition coefficient (Wildman–Crippen LogP) is 0.431. The molecule has 21 heavy (non-hydrogen) atoms. The highest BCUT2D eigenvalue weighted by atomic mass is 16.3. The van der Waals surface area contributed by atoms with Crippen molar-refractivity contribution >= 4 is 5.96 Å². The Labute approximate surface area is 125 Å². The fraction of sp³-hybridized carbons (Fsp3) is 0.643. The van der Waals surface area contributed by atoms with Crippen molar-refractivity contribution in [3.05, 3.63) is 23.7 Å². The van der Waals surface area contributed by atoms with E-state index in [0.717, 1.165) is 43.7 Å². The normalized spacial score (nSPS) is 22.6. The second-order valence-corrected chi connectivity index (χ2v) is 5.86. The Bertz CT molecular complexity index is 497. The number of aliphatic imine (C=N–C) groups is 1. The topological polar surface area (TPSA) is 96.0 Å². The Hall–Kier alpha value is -1.57. The predicted molar refractivity (Wildman–Crippen MR) is 83.1 cm³/mol. The van der Waals surface area contributed by atoms with Crippen LogP contribution < -0.4 is 16.9 Å². The lowest BCUT2D eigenvalue weighted by molar-refractivity contribution is 0.114. The van der Waals surface area contributed by atoms with Crippen molar-refractivity contribution in [2.24, 2.45) is 16.5 Å². The van der Waals surface area contributed by atoms with Gasteiger partial charge in [-0.1, -0.05) is 0 Å². The number of aryl methyl sites for hydroxylation is 1. The monoisotopic (exact) mass is 294 g/mol. The van der Waals surface area contributed by atoms with Crippen LogP contribution in [-0.4, -0.2) is 42.8 Å². The van der Waals surface area contributed by atoms with Gasteiger partial charge in [-0.15, -0.1) is 0 Å². The first-order chi connectivity index (χ1) is 9.89. The van der Waals surface area contributed by atoms with Gasteiger partial charge in [0.05, 0.1) is 6.54 Å². The van der Waals surface area contributed by atoms with Crippen LogP contribution in [0.4, 0.5) is 0 Å². The van der Waals surface area contributed by atoms with Crippen LogP contribution in [0.2, 0.25) is 0 Å². The second-order valence-electron chi connectivity index (χ2n) is 5.86. The number of guanidine groups is 1. The third kappa shape index (κ3) is 4.20. The van der Waals surface area contributed by atoms with Crippen molar-refractivity contribution in [2.45, 2.75) is 38.0 Å². The maximum Gasteiger partial charge on any atom is 0.206 e. The summed E-state index contributed by atoms with van der Waals surface area (Å²) in [6, 6.07) is 4.09. The number of nitrogens with two attached hydrogens (primary N) is 2. The molecule has 118 valence electrons. The molecule has 2 heterocycles. The van der Waals surface area contributed by atoms with Gasteiger partial charge >= 0.3 is 0 Å². The third-order valence-electron chi connectivity index (χ3n) is 3.58. The Morgan fingerprint density at radius 2 is 2.05 bits per heavy atom. The minimum Gasteiger partial charge on any atom is -0.465 e. The SMILES string of the molecule is CN(C)Cc1ccc(CCCCC2(N)N=C(N)NN2C)o1. The molecule has 1 aliphatic heterocycles. The van der Waals surface area contributed by atoms with E-state index in [9.17, 15) is 0 Å². The average molecular weight is 294 g/mol. The zero-order valence-electron chi connectivity index (χ0n) is 13.1. The lowest BCUT2D eigenvalue weighted by atomic mass is 10.1. The van der Waals surface area contributed by atoms with Crippen LogP contribution in [0, 0.1) is 0 Å². The van der Waals surface area contributed by atoms with Crippen LogP contribution in [0.15, 0.2) is 21.5 Å². The molecule has 0 bridgehead atoms. The van der Waals surface area contributed by atoms with Gasteiger partial charge in [0, 0.05) is 19.9 Å². The van der Waals surface area contributed by atoms with Crippen LogP contribution in [0.3, 0.4) is 0 Å². The van der Waals surface area contributed by atoms with E-state index in [2.05, 4.69) is 21.4 Å². The molecule has 1 aromatic rings. The lowest BCUT2D eigenvalue weighted by Crippen LogP contribution is -2.54. The van der Waals surface area contributed by atoms with E-state index >= 15 is 0 Å². The summed E-state index contributed by atoms with van der Waals surface area (Å²) in [5.41, 5.74) is 14.7. The molecule has 5 N–H and O–H groups in total. The summed E-state index contributed by atoms with van der Waals surface area (Å²) >= 11 is 0. The smallest absolute Gasteiger partial charge is 0.206 e. The molecule has 0 aliphatic carbocycles. The fourth-order valence-corrected chi connectivity index (χ4v) is 2.44. The first kappa shape index (κ1) is 15.8. The molecule has 0 fully saturated rings. The minimum atomic E-state index is -0.733. The molecule has 1 aliphatic rings. The number of furan rings is 1. The van der Waals surface area contributed by atoms with E-state index in [1.165, 1.54) is 0 Å². The van der Waals surface area contributed by atoms with E-state index in [-0.39, 0.29) is 0 Å². The van der Waals surface area contributed by atoms with Gasteiger partial charge in [-0.3, -0.25) is 11.2 Å². The molecular weight excluding hydrogens is 268 g/mol. The van der Waals surface area contributed by atoms with E-state index < -0.39 is 5.79 Å². The van der Waals surface area contributed by atoms with Gasteiger partial charge in [-0.05, 0) is 39.1 Å². The van der Waals surface area contributed by atoms with Crippen molar-refractivity contribution in [3.8, 4) is 0 Å². The number of hydrogen-bond acceptors (Lipinski definition) is 7. The van der Waals surface area contributed by atoms with Crippen LogP contribution in [0.1, 0.15) is 30.8 Å². The summed E-state index contributed by atoms with van der Waals surface area (Å²) in [6.07, 6.45) is 3.64. The van der Waals surface area contributed by atoms with E-state index in [1.807, 2.05) is 27.2 Å². The van der Waals surface area contributed by atoms with Crippen LogP contribution in [-0.2, 0) is 13.0 Å². The zero-order chi connectivity index (χ0) is 15.5. The fourth-order valence-electron chi connectivity index (χ4n) is 2.44. The van der Waals surface area contributed by atoms with Crippen LogP contribution >= 0.6 is 0 Å². The van der Waals surface area contributed by atoms with E-state index in [4.69, 9.17) is 15.9 Å². The van der Waals surface area contributed by atoms with Crippen molar-refractivity contribution in [2.75, 3.05) is 21.1 Å². The Morgan fingerprint density at radius 3 is 2.67 bits per heavy atom. The number of hydrazine groups is 1. The molecule has 1 unspecified atom stereocenters. The summed E-state index contributed by atoms with van der Waals surface area (Å²) in [5, 5.41) is 1.75. The quantitative estimate of drug-likeness (QED) is 0.631. The van der Waals surface area contributed by atoms with Gasteiger partial charge < -0.3 is 15.1 Å². The average Bonchev–Trinajstić information content (AvgIpc) is 2.90. The molecule has 7 nitrogen and oxygen atoms in total. The highest BCUT2D eigenvalue weighted by Gasteiger charge is 2.34. The molecule has 1 aromatic heterocycles. The number of unbranched alkanes of at least 4 members (excludes halogenated alkanes) is 1. The van der Waals surface area contributed by atoms with Gasteiger partial charge in [-0.25, -0.2) is 4.99 Å². The molecule has 0 saturated heterocycles. The van der Waals surface area contributed by atoms with Crippen molar-refractivity contribution < 1.29 is 4.42 Å². The van der Waals surface area contributed by atoms with E-state index in [1.54, 1.807) is 5.01 Å². The largest absolute Gasteiger partial charge is 0.465 e. The Morgan fingerprint density at radius 1 is 1.33 bits per heavy atom. The number of hydrogen-bond donors (Lipinski definition) is 3. The number of nitrogens with zero attached hydrogens (tertiary/aromatic N) is 3. The lowest BCUT2D eigenvalue weighted by Gasteiger charge is -2.28. The summed E-state index contributed by atoms with van der Waals surface area (Å²) in [4.78, 5) is 6.33. The molecular formula is C14H26N6O. The summed E-state index contributed by atoms with van der Waals surface area (Å²) in [6.45, 7) is 0.830. The third-order valence-corrected chi connectivity index (χ3v) is 3.58. The van der Waals surface area contributed by atoms with Crippen molar-refractivity contribution in [1.82, 2.24) is 15.3 Å². The summed E-state index contributed by atoms with van der Waals surface area (Å²) in [7, 11) is 5.91. The standard InChI is InChI=1S/C14H26N6O/c1-19(2)10-12-8-7-11(21-12)6-4-5-9-14(16)17-13(15)18-20(14)3/h7-8H,4-6,9-10,16H2,1-3H3,(H3,15,17,18). The van der Waals surface area contributed by atoms with Gasteiger partial charge in [0.15, 0.2) is 5.79 Å². The van der Waals surface area contributed by atoms with Crippen LogP contribution in [0.5, 0.6) is 0 Å². The molecule has 0 amide bonds. The van der Waals surface area contributed by atoms with Crippen LogP contribution in [0.25, 0.3) is 0 Å². The molecule has 0 spiro atoms. The second kappa shape index (κ2) is 6.46. The summed E-state index contributed by atoms with van der Waals surface area (Å²) < 4.78 is 5.79.